The SMILES string of the molecule is CCCCCCCCNCc1c(O)cccc1Cl. The molecule has 0 amide bonds. The Bertz CT molecular complexity index is 321. The van der Waals surface area contributed by atoms with Crippen molar-refractivity contribution < 1.29 is 5.11 Å². The highest BCUT2D eigenvalue weighted by Crippen LogP contribution is 2.24. The zero-order valence-electron chi connectivity index (χ0n) is 11.2. The lowest BCUT2D eigenvalue weighted by molar-refractivity contribution is 0.463. The molecule has 0 atom stereocenters. The van der Waals surface area contributed by atoms with Gasteiger partial charge in [0, 0.05) is 17.1 Å². The van der Waals surface area contributed by atoms with E-state index in [1.807, 2.05) is 6.07 Å². The summed E-state index contributed by atoms with van der Waals surface area (Å²) in [6, 6.07) is 5.24. The molecule has 0 saturated carbocycles. The van der Waals surface area contributed by atoms with Gasteiger partial charge in [-0.05, 0) is 25.1 Å². The summed E-state index contributed by atoms with van der Waals surface area (Å²) >= 11 is 6.03. The number of phenolic OH excluding ortho intramolecular Hbond substituents is 1. The Morgan fingerprint density at radius 2 is 1.83 bits per heavy atom. The van der Waals surface area contributed by atoms with Crippen LogP contribution < -0.4 is 5.32 Å². The molecule has 2 N–H and O–H groups in total. The largest absolute Gasteiger partial charge is 0.508 e. The smallest absolute Gasteiger partial charge is 0.121 e. The summed E-state index contributed by atoms with van der Waals surface area (Å²) in [6.45, 7) is 3.86. The third-order valence-corrected chi connectivity index (χ3v) is 3.46. The molecule has 2 nitrogen and oxygen atoms in total. The van der Waals surface area contributed by atoms with Crippen LogP contribution in [0.5, 0.6) is 5.75 Å². The van der Waals surface area contributed by atoms with E-state index >= 15 is 0 Å². The molecule has 3 heteroatoms. The highest BCUT2D eigenvalue weighted by atomic mass is 35.5. The van der Waals surface area contributed by atoms with Crippen molar-refractivity contribution >= 4 is 11.6 Å². The van der Waals surface area contributed by atoms with Gasteiger partial charge in [0.05, 0.1) is 0 Å². The van der Waals surface area contributed by atoms with E-state index in [4.69, 9.17) is 11.6 Å². The molecule has 0 spiro atoms. The summed E-state index contributed by atoms with van der Waals surface area (Å²) in [5.41, 5.74) is 0.796. The van der Waals surface area contributed by atoms with Gasteiger partial charge in [0.25, 0.3) is 0 Å². The Kier molecular flexibility index (Phi) is 7.86. The molecule has 0 aromatic heterocycles. The van der Waals surface area contributed by atoms with Crippen LogP contribution in [0.25, 0.3) is 0 Å². The minimum atomic E-state index is 0.276. The summed E-state index contributed by atoms with van der Waals surface area (Å²) in [4.78, 5) is 0. The van der Waals surface area contributed by atoms with Gasteiger partial charge in [-0.25, -0.2) is 0 Å². The van der Waals surface area contributed by atoms with Crippen LogP contribution in [0, 0.1) is 0 Å². The van der Waals surface area contributed by atoms with Gasteiger partial charge in [-0.3, -0.25) is 0 Å². The van der Waals surface area contributed by atoms with E-state index in [2.05, 4.69) is 12.2 Å². The molecule has 1 aromatic rings. The van der Waals surface area contributed by atoms with Crippen LogP contribution in [-0.4, -0.2) is 11.7 Å². The summed E-state index contributed by atoms with van der Waals surface area (Å²) < 4.78 is 0. The Morgan fingerprint density at radius 3 is 2.56 bits per heavy atom. The van der Waals surface area contributed by atoms with Crippen LogP contribution in [0.1, 0.15) is 51.0 Å². The monoisotopic (exact) mass is 269 g/mol. The minimum Gasteiger partial charge on any atom is -0.508 e. The van der Waals surface area contributed by atoms with E-state index in [9.17, 15) is 5.11 Å². The van der Waals surface area contributed by atoms with Crippen LogP contribution in [0.15, 0.2) is 18.2 Å². The van der Waals surface area contributed by atoms with Gasteiger partial charge in [-0.1, -0.05) is 56.7 Å². The zero-order valence-corrected chi connectivity index (χ0v) is 12.0. The first-order chi connectivity index (χ1) is 8.75. The highest BCUT2D eigenvalue weighted by molar-refractivity contribution is 6.31. The van der Waals surface area contributed by atoms with Crippen LogP contribution in [0.4, 0.5) is 0 Å². The third kappa shape index (κ3) is 5.74. The standard InChI is InChI=1S/C15H24ClNO/c1-2-3-4-5-6-7-11-17-12-13-14(16)9-8-10-15(13)18/h8-10,17-18H,2-7,11-12H2,1H3. The third-order valence-electron chi connectivity index (χ3n) is 3.10. The second-order valence-electron chi connectivity index (χ2n) is 4.68. The van der Waals surface area contributed by atoms with Crippen molar-refractivity contribution in [2.75, 3.05) is 6.54 Å². The lowest BCUT2D eigenvalue weighted by Gasteiger charge is -2.08. The second kappa shape index (κ2) is 9.23. The minimum absolute atomic E-state index is 0.276. The average molecular weight is 270 g/mol. The van der Waals surface area contributed by atoms with Crippen molar-refractivity contribution in [2.45, 2.75) is 52.0 Å². The summed E-state index contributed by atoms with van der Waals surface area (Å²) in [5, 5.41) is 13.6. The van der Waals surface area contributed by atoms with Crippen LogP contribution in [0.2, 0.25) is 5.02 Å². The van der Waals surface area contributed by atoms with Gasteiger partial charge >= 0.3 is 0 Å². The van der Waals surface area contributed by atoms with Crippen molar-refractivity contribution in [3.8, 4) is 5.75 Å². The first-order valence-electron chi connectivity index (χ1n) is 6.92. The predicted octanol–water partition coefficient (Wildman–Crippen LogP) is 4.50. The molecule has 18 heavy (non-hydrogen) atoms. The molecule has 0 fully saturated rings. The molecule has 1 aromatic carbocycles. The number of nitrogens with one attached hydrogen (secondary N) is 1. The van der Waals surface area contributed by atoms with Crippen molar-refractivity contribution in [1.29, 1.82) is 0 Å². The number of benzene rings is 1. The molecule has 0 radical (unpaired) electrons. The zero-order chi connectivity index (χ0) is 13.2. The first kappa shape index (κ1) is 15.3. The fraction of sp³-hybridized carbons (Fsp3) is 0.600. The summed E-state index contributed by atoms with van der Waals surface area (Å²) in [5.74, 6) is 0.276. The van der Waals surface area contributed by atoms with E-state index in [-0.39, 0.29) is 5.75 Å². The van der Waals surface area contributed by atoms with Crippen molar-refractivity contribution in [1.82, 2.24) is 5.32 Å². The second-order valence-corrected chi connectivity index (χ2v) is 5.09. The number of halogens is 1. The maximum Gasteiger partial charge on any atom is 0.121 e. The van der Waals surface area contributed by atoms with Crippen molar-refractivity contribution in [3.05, 3.63) is 28.8 Å². The van der Waals surface area contributed by atoms with Gasteiger partial charge in [0.2, 0.25) is 0 Å². The van der Waals surface area contributed by atoms with Crippen LogP contribution in [-0.2, 0) is 6.54 Å². The topological polar surface area (TPSA) is 32.3 Å². The fourth-order valence-corrected chi connectivity index (χ4v) is 2.20. The number of aromatic hydroxyl groups is 1. The Morgan fingerprint density at radius 1 is 1.11 bits per heavy atom. The number of phenols is 1. The number of hydrogen-bond acceptors (Lipinski definition) is 2. The summed E-state index contributed by atoms with van der Waals surface area (Å²) in [6.07, 6.45) is 7.79. The Balaban J connectivity index is 2.11. The van der Waals surface area contributed by atoms with E-state index in [1.54, 1.807) is 12.1 Å². The molecule has 0 bridgehead atoms. The highest BCUT2D eigenvalue weighted by Gasteiger charge is 2.04. The first-order valence-corrected chi connectivity index (χ1v) is 7.30. The fourth-order valence-electron chi connectivity index (χ4n) is 1.97. The molecule has 1 rings (SSSR count). The number of hydrogen-bond donors (Lipinski definition) is 2. The van der Waals surface area contributed by atoms with Gasteiger partial charge in [0.1, 0.15) is 5.75 Å². The van der Waals surface area contributed by atoms with Gasteiger partial charge in [-0.2, -0.15) is 0 Å². The molecular weight excluding hydrogens is 246 g/mol. The van der Waals surface area contributed by atoms with Crippen LogP contribution >= 0.6 is 11.6 Å². The molecule has 0 saturated heterocycles. The van der Waals surface area contributed by atoms with Gasteiger partial charge in [0.15, 0.2) is 0 Å². The quantitative estimate of drug-likeness (QED) is 0.647. The normalized spacial score (nSPS) is 10.8. The predicted molar refractivity (Wildman–Crippen MR) is 78.2 cm³/mol. The molecular formula is C15H24ClNO. The lowest BCUT2D eigenvalue weighted by atomic mass is 10.1. The molecule has 0 heterocycles. The molecule has 0 aliphatic carbocycles. The van der Waals surface area contributed by atoms with E-state index in [0.29, 0.717) is 11.6 Å². The van der Waals surface area contributed by atoms with E-state index in [0.717, 1.165) is 12.1 Å². The molecule has 0 aliphatic rings. The van der Waals surface area contributed by atoms with Crippen LogP contribution in [0.3, 0.4) is 0 Å². The maximum atomic E-state index is 9.67. The molecule has 102 valence electrons. The van der Waals surface area contributed by atoms with E-state index < -0.39 is 0 Å². The maximum absolute atomic E-state index is 9.67. The Labute approximate surface area is 115 Å². The average Bonchev–Trinajstić information content (AvgIpc) is 2.35. The molecule has 0 aliphatic heterocycles. The van der Waals surface area contributed by atoms with Crippen molar-refractivity contribution in [3.63, 3.8) is 0 Å². The number of unbranched alkanes of at least 4 members (excludes halogenated alkanes) is 5. The van der Waals surface area contributed by atoms with Crippen molar-refractivity contribution in [2.24, 2.45) is 0 Å². The van der Waals surface area contributed by atoms with Gasteiger partial charge < -0.3 is 10.4 Å². The summed E-state index contributed by atoms with van der Waals surface area (Å²) in [7, 11) is 0. The van der Waals surface area contributed by atoms with E-state index in [1.165, 1.54) is 38.5 Å². The number of rotatable bonds is 9. The van der Waals surface area contributed by atoms with Gasteiger partial charge in [-0.15, -0.1) is 0 Å². The Hall–Kier alpha value is -0.730. The molecule has 0 unspecified atom stereocenters. The lowest BCUT2D eigenvalue weighted by Crippen LogP contribution is -2.15.